The SMILES string of the molecule is CCC(F)(F)[C@]1(O)CCC2C3CCC4=CC(=O)CCC4=C3[C@@H](c3ccc(C(C)=O)cc3)C[C@@]21C. The topological polar surface area (TPSA) is 54.4 Å². The van der Waals surface area contributed by atoms with E-state index in [1.165, 1.54) is 25.0 Å². The number of benzene rings is 1. The van der Waals surface area contributed by atoms with Gasteiger partial charge in [0, 0.05) is 29.7 Å². The van der Waals surface area contributed by atoms with Gasteiger partial charge in [0.2, 0.25) is 0 Å². The molecule has 3 nitrogen and oxygen atoms in total. The van der Waals surface area contributed by atoms with Gasteiger partial charge >= 0.3 is 0 Å². The van der Waals surface area contributed by atoms with E-state index < -0.39 is 16.9 Å². The Labute approximate surface area is 200 Å². The molecule has 0 saturated heterocycles. The number of halogens is 2. The van der Waals surface area contributed by atoms with E-state index in [0.717, 1.165) is 24.0 Å². The van der Waals surface area contributed by atoms with Gasteiger partial charge in [-0.05, 0) is 80.1 Å². The van der Waals surface area contributed by atoms with Crippen LogP contribution in [0.25, 0.3) is 0 Å². The number of carbonyl (C=O) groups excluding carboxylic acids is 2. The van der Waals surface area contributed by atoms with E-state index in [2.05, 4.69) is 0 Å². The Balaban J connectivity index is 1.68. The zero-order chi connectivity index (χ0) is 24.5. The van der Waals surface area contributed by atoms with Crippen LogP contribution in [-0.4, -0.2) is 28.2 Å². The fraction of sp³-hybridized carbons (Fsp3) is 0.586. The highest BCUT2D eigenvalue weighted by atomic mass is 19.3. The van der Waals surface area contributed by atoms with Crippen molar-refractivity contribution in [3.8, 4) is 0 Å². The lowest BCUT2D eigenvalue weighted by Crippen LogP contribution is -2.60. The van der Waals surface area contributed by atoms with Crippen molar-refractivity contribution in [2.24, 2.45) is 17.3 Å². The van der Waals surface area contributed by atoms with E-state index in [0.29, 0.717) is 31.2 Å². The molecule has 1 aromatic carbocycles. The van der Waals surface area contributed by atoms with Crippen LogP contribution in [0.4, 0.5) is 8.78 Å². The van der Waals surface area contributed by atoms with Crippen LogP contribution in [-0.2, 0) is 4.79 Å². The van der Waals surface area contributed by atoms with Crippen LogP contribution in [0.2, 0.25) is 0 Å². The molecule has 4 aliphatic carbocycles. The molecule has 0 radical (unpaired) electrons. The highest BCUT2D eigenvalue weighted by Crippen LogP contribution is 2.69. The standard InChI is InChI=1S/C29H34F2O3/c1-4-29(30,31)28(34)14-13-25-23-11-9-20-15-21(33)10-12-22(20)26(23)24(16-27(25,28)3)19-7-5-18(6-8-19)17(2)32/h5-8,15,23-25,34H,4,9-14,16H2,1-3H3/t23?,24-,25?,27+,28+/m1/s1. The third-order valence-electron chi connectivity index (χ3n) is 9.66. The number of Topliss-reactive ketones (excluding diaryl/α,β-unsaturated/α-hetero) is 1. The van der Waals surface area contributed by atoms with Gasteiger partial charge in [0.25, 0.3) is 5.92 Å². The molecule has 2 saturated carbocycles. The van der Waals surface area contributed by atoms with Gasteiger partial charge in [-0.3, -0.25) is 9.59 Å². The summed E-state index contributed by atoms with van der Waals surface area (Å²) in [5.74, 6) is -3.00. The van der Waals surface area contributed by atoms with Crippen LogP contribution in [0.5, 0.6) is 0 Å². The molecular formula is C29H34F2O3. The van der Waals surface area contributed by atoms with E-state index >= 15 is 8.78 Å². The number of rotatable bonds is 4. The Hall–Kier alpha value is -2.14. The summed E-state index contributed by atoms with van der Waals surface area (Å²) in [4.78, 5) is 24.0. The van der Waals surface area contributed by atoms with Crippen LogP contribution in [0.3, 0.4) is 0 Å². The third kappa shape index (κ3) is 3.22. The number of allylic oxidation sites excluding steroid dienone is 4. The Morgan fingerprint density at radius 2 is 1.85 bits per heavy atom. The Morgan fingerprint density at radius 3 is 2.50 bits per heavy atom. The quantitative estimate of drug-likeness (QED) is 0.509. The molecule has 182 valence electrons. The molecule has 34 heavy (non-hydrogen) atoms. The van der Waals surface area contributed by atoms with Crippen LogP contribution in [0.1, 0.15) is 94.0 Å². The maximum atomic E-state index is 15.3. The lowest BCUT2D eigenvalue weighted by atomic mass is 9.50. The summed E-state index contributed by atoms with van der Waals surface area (Å²) in [5.41, 5.74) is 2.33. The number of alkyl halides is 2. The molecule has 5 atom stereocenters. The third-order valence-corrected chi connectivity index (χ3v) is 9.66. The highest BCUT2D eigenvalue weighted by molar-refractivity contribution is 5.94. The van der Waals surface area contributed by atoms with Crippen LogP contribution < -0.4 is 0 Å². The van der Waals surface area contributed by atoms with Gasteiger partial charge in [0.05, 0.1) is 0 Å². The van der Waals surface area contributed by atoms with Gasteiger partial charge in [0.1, 0.15) is 5.60 Å². The van der Waals surface area contributed by atoms with E-state index in [1.54, 1.807) is 6.08 Å². The van der Waals surface area contributed by atoms with Crippen molar-refractivity contribution in [3.63, 3.8) is 0 Å². The lowest BCUT2D eigenvalue weighted by Gasteiger charge is -2.56. The maximum Gasteiger partial charge on any atom is 0.276 e. The van der Waals surface area contributed by atoms with E-state index in [-0.39, 0.29) is 42.2 Å². The van der Waals surface area contributed by atoms with Gasteiger partial charge in [-0.2, -0.15) is 0 Å². The van der Waals surface area contributed by atoms with Gasteiger partial charge in [0.15, 0.2) is 11.6 Å². The predicted octanol–water partition coefficient (Wildman–Crippen LogP) is 6.57. The maximum absolute atomic E-state index is 15.3. The van der Waals surface area contributed by atoms with Gasteiger partial charge in [-0.1, -0.05) is 43.7 Å². The minimum absolute atomic E-state index is 0.00986. The zero-order valence-electron chi connectivity index (χ0n) is 20.3. The minimum atomic E-state index is -3.15. The van der Waals surface area contributed by atoms with Crippen LogP contribution in [0, 0.1) is 17.3 Å². The number of hydrogen-bond acceptors (Lipinski definition) is 3. The molecule has 4 aliphatic rings. The number of aliphatic hydroxyl groups is 1. The van der Waals surface area contributed by atoms with E-state index in [4.69, 9.17) is 0 Å². The number of hydrogen-bond donors (Lipinski definition) is 1. The highest BCUT2D eigenvalue weighted by Gasteiger charge is 2.70. The average Bonchev–Trinajstić information content (AvgIpc) is 3.10. The molecule has 5 rings (SSSR count). The van der Waals surface area contributed by atoms with Crippen molar-refractivity contribution < 1.29 is 23.5 Å². The normalized spacial score (nSPS) is 35.4. The van der Waals surface area contributed by atoms with Gasteiger partial charge < -0.3 is 5.11 Å². The number of ketones is 2. The largest absolute Gasteiger partial charge is 0.383 e. The Kier molecular flexibility index (Phi) is 5.51. The van der Waals surface area contributed by atoms with Crippen LogP contribution in [0.15, 0.2) is 47.1 Å². The molecule has 2 unspecified atom stereocenters. The molecular weight excluding hydrogens is 434 g/mol. The summed E-state index contributed by atoms with van der Waals surface area (Å²) in [6, 6.07) is 7.54. The first-order valence-electron chi connectivity index (χ1n) is 12.7. The van der Waals surface area contributed by atoms with Gasteiger partial charge in [-0.25, -0.2) is 8.78 Å². The molecule has 1 N–H and O–H groups in total. The smallest absolute Gasteiger partial charge is 0.276 e. The Morgan fingerprint density at radius 1 is 1.15 bits per heavy atom. The summed E-state index contributed by atoms with van der Waals surface area (Å²) in [6.07, 6.45) is 5.39. The van der Waals surface area contributed by atoms with Crippen molar-refractivity contribution in [1.29, 1.82) is 0 Å². The number of carbonyl (C=O) groups is 2. The second-order valence-electron chi connectivity index (χ2n) is 11.1. The zero-order valence-corrected chi connectivity index (χ0v) is 20.3. The summed E-state index contributed by atoms with van der Waals surface area (Å²) in [6.45, 7) is 4.88. The van der Waals surface area contributed by atoms with Crippen molar-refractivity contribution in [3.05, 3.63) is 58.2 Å². The van der Waals surface area contributed by atoms with Crippen molar-refractivity contribution in [2.45, 2.75) is 89.6 Å². The minimum Gasteiger partial charge on any atom is -0.383 e. The molecule has 0 aromatic heterocycles. The molecule has 0 aliphatic heterocycles. The molecule has 0 spiro atoms. The first kappa shape index (κ1) is 23.6. The van der Waals surface area contributed by atoms with E-state index in [9.17, 15) is 14.7 Å². The molecule has 2 fully saturated rings. The second-order valence-corrected chi connectivity index (χ2v) is 11.1. The van der Waals surface area contributed by atoms with Crippen LogP contribution >= 0.6 is 0 Å². The fourth-order valence-corrected chi connectivity index (χ4v) is 7.81. The molecule has 5 heteroatoms. The van der Waals surface area contributed by atoms with E-state index in [1.807, 2.05) is 31.2 Å². The second kappa shape index (κ2) is 7.94. The predicted molar refractivity (Wildman–Crippen MR) is 127 cm³/mol. The Bertz CT molecular complexity index is 1100. The summed E-state index contributed by atoms with van der Waals surface area (Å²) < 4.78 is 30.6. The monoisotopic (exact) mass is 468 g/mol. The molecule has 0 heterocycles. The average molecular weight is 469 g/mol. The van der Waals surface area contributed by atoms with Crippen molar-refractivity contribution in [2.75, 3.05) is 0 Å². The van der Waals surface area contributed by atoms with Crippen molar-refractivity contribution in [1.82, 2.24) is 0 Å². The fourth-order valence-electron chi connectivity index (χ4n) is 7.81. The molecule has 0 amide bonds. The molecule has 1 aromatic rings. The summed E-state index contributed by atoms with van der Waals surface area (Å²) in [5, 5.41) is 11.6. The first-order valence-corrected chi connectivity index (χ1v) is 12.7. The van der Waals surface area contributed by atoms with Crippen molar-refractivity contribution >= 4 is 11.6 Å². The lowest BCUT2D eigenvalue weighted by molar-refractivity contribution is -0.238. The molecule has 0 bridgehead atoms. The first-order chi connectivity index (χ1) is 16.0. The summed E-state index contributed by atoms with van der Waals surface area (Å²) in [7, 11) is 0. The van der Waals surface area contributed by atoms with Gasteiger partial charge in [-0.15, -0.1) is 0 Å². The number of fused-ring (bicyclic) bond motifs is 4. The summed E-state index contributed by atoms with van der Waals surface area (Å²) >= 11 is 0.